The van der Waals surface area contributed by atoms with Crippen molar-refractivity contribution < 1.29 is 9.53 Å². The predicted molar refractivity (Wildman–Crippen MR) is 79.3 cm³/mol. The highest BCUT2D eigenvalue weighted by molar-refractivity contribution is 7.18. The Hall–Kier alpha value is -1.69. The Morgan fingerprint density at radius 2 is 2.29 bits per heavy atom. The Kier molecular flexibility index (Phi) is 2.89. The zero-order valence-corrected chi connectivity index (χ0v) is 12.6. The van der Waals surface area contributed by atoms with Crippen LogP contribution in [0.4, 0.5) is 0 Å². The van der Waals surface area contributed by atoms with Gasteiger partial charge in [0.05, 0.1) is 11.3 Å². The summed E-state index contributed by atoms with van der Waals surface area (Å²) in [6.45, 7) is 2.08. The number of nitrogens with one attached hydrogen (secondary N) is 1. The largest absolute Gasteiger partial charge is 0.457 e. The lowest BCUT2D eigenvalue weighted by atomic mass is 10.2. The molecule has 0 radical (unpaired) electrons. The molecule has 0 bridgehead atoms. The normalized spacial score (nSPS) is 23.3. The molecule has 2 heterocycles. The lowest BCUT2D eigenvalue weighted by Gasteiger charge is -2.04. The fraction of sp³-hybridized carbons (Fsp3) is 0.533. The van der Waals surface area contributed by atoms with Gasteiger partial charge < -0.3 is 9.72 Å². The van der Waals surface area contributed by atoms with Gasteiger partial charge in [-0.2, -0.15) is 0 Å². The van der Waals surface area contributed by atoms with Crippen molar-refractivity contribution in [1.82, 2.24) is 9.97 Å². The minimum absolute atomic E-state index is 0.0333. The minimum atomic E-state index is -0.182. The molecule has 0 unspecified atom stereocenters. The first kappa shape index (κ1) is 13.0. The van der Waals surface area contributed by atoms with E-state index < -0.39 is 0 Å². The van der Waals surface area contributed by atoms with E-state index in [4.69, 9.17) is 4.74 Å². The molecule has 1 N–H and O–H groups in total. The Labute approximate surface area is 125 Å². The number of hydrogen-bond donors (Lipinski definition) is 1. The number of aryl methyl sites for hydroxylation is 2. The first-order chi connectivity index (χ1) is 10.1. The Morgan fingerprint density at radius 1 is 1.48 bits per heavy atom. The smallest absolute Gasteiger partial charge is 0.309 e. The fourth-order valence-electron chi connectivity index (χ4n) is 3.01. The molecule has 0 amide bonds. The van der Waals surface area contributed by atoms with Crippen LogP contribution in [0.1, 0.15) is 36.0 Å². The molecule has 0 saturated heterocycles. The zero-order chi connectivity index (χ0) is 14.6. The Bertz CT molecular complexity index is 792. The number of nitrogens with zero attached hydrogens (tertiary/aromatic N) is 1. The summed E-state index contributed by atoms with van der Waals surface area (Å²) in [5.41, 5.74) is 1.06. The van der Waals surface area contributed by atoms with Crippen molar-refractivity contribution in [3.8, 4) is 0 Å². The van der Waals surface area contributed by atoms with E-state index in [9.17, 15) is 9.59 Å². The summed E-state index contributed by atoms with van der Waals surface area (Å²) in [5.74, 6) is 0.714. The summed E-state index contributed by atoms with van der Waals surface area (Å²) in [5, 5.41) is 0.735. The van der Waals surface area contributed by atoms with E-state index in [1.54, 1.807) is 11.3 Å². The van der Waals surface area contributed by atoms with Crippen molar-refractivity contribution in [3.63, 3.8) is 0 Å². The molecule has 2 aromatic rings. The second kappa shape index (κ2) is 4.66. The molecule has 0 aromatic carbocycles. The number of hydrogen-bond acceptors (Lipinski definition) is 5. The molecule has 2 atom stereocenters. The molecule has 0 aliphatic heterocycles. The van der Waals surface area contributed by atoms with Crippen LogP contribution in [0.3, 0.4) is 0 Å². The van der Waals surface area contributed by atoms with E-state index in [2.05, 4.69) is 9.97 Å². The van der Waals surface area contributed by atoms with Gasteiger partial charge in [-0.1, -0.05) is 6.92 Å². The topological polar surface area (TPSA) is 72.0 Å². The molecule has 21 heavy (non-hydrogen) atoms. The highest BCUT2D eigenvalue weighted by atomic mass is 32.1. The van der Waals surface area contributed by atoms with Crippen molar-refractivity contribution in [1.29, 1.82) is 0 Å². The number of H-pyrrole nitrogens is 1. The van der Waals surface area contributed by atoms with Gasteiger partial charge in [-0.05, 0) is 37.2 Å². The van der Waals surface area contributed by atoms with Gasteiger partial charge >= 0.3 is 5.97 Å². The van der Waals surface area contributed by atoms with Gasteiger partial charge in [-0.15, -0.1) is 11.3 Å². The van der Waals surface area contributed by atoms with Gasteiger partial charge in [0.2, 0.25) is 0 Å². The van der Waals surface area contributed by atoms with Crippen molar-refractivity contribution in [2.45, 2.75) is 39.2 Å². The third kappa shape index (κ3) is 2.18. The van der Waals surface area contributed by atoms with E-state index in [1.165, 1.54) is 10.4 Å². The van der Waals surface area contributed by atoms with E-state index in [1.807, 2.05) is 6.92 Å². The molecule has 2 aliphatic carbocycles. The predicted octanol–water partition coefficient (Wildman–Crippen LogP) is 2.17. The van der Waals surface area contributed by atoms with Gasteiger partial charge in [0.1, 0.15) is 17.3 Å². The number of thiophene rings is 1. The number of aromatic nitrogens is 2. The molecule has 6 heteroatoms. The molecule has 4 rings (SSSR count). The maximum atomic E-state index is 12.2. The first-order valence-electron chi connectivity index (χ1n) is 7.33. The van der Waals surface area contributed by atoms with Crippen LogP contribution >= 0.6 is 11.3 Å². The summed E-state index contributed by atoms with van der Waals surface area (Å²) in [4.78, 5) is 33.2. The lowest BCUT2D eigenvalue weighted by molar-refractivity contribution is -0.147. The maximum absolute atomic E-state index is 12.2. The number of fused-ring (bicyclic) bond motifs is 3. The molecule has 1 saturated carbocycles. The summed E-state index contributed by atoms with van der Waals surface area (Å²) in [6.07, 6.45) is 4.03. The second-order valence-corrected chi connectivity index (χ2v) is 7.06. The van der Waals surface area contributed by atoms with Crippen molar-refractivity contribution in [2.24, 2.45) is 11.8 Å². The standard InChI is InChI=1S/C15H16N2O3S/c1-7-5-9(7)15(19)20-6-11-16-13(18)12-8-3-2-4-10(8)21-14(12)17-11/h7,9H,2-6H2,1H3,(H,16,17,18)/t7-,9+/m0/s1. The number of esters is 1. The Morgan fingerprint density at radius 3 is 3.05 bits per heavy atom. The molecular formula is C15H16N2O3S. The lowest BCUT2D eigenvalue weighted by Crippen LogP contribution is -2.15. The number of rotatable bonds is 3. The fourth-order valence-corrected chi connectivity index (χ4v) is 4.29. The molecule has 1 fully saturated rings. The van der Waals surface area contributed by atoms with E-state index >= 15 is 0 Å². The van der Waals surface area contributed by atoms with E-state index in [-0.39, 0.29) is 24.1 Å². The van der Waals surface area contributed by atoms with Crippen LogP contribution in [-0.4, -0.2) is 15.9 Å². The van der Waals surface area contributed by atoms with Crippen molar-refractivity contribution in [3.05, 3.63) is 26.6 Å². The average molecular weight is 304 g/mol. The van der Waals surface area contributed by atoms with Crippen LogP contribution in [0.15, 0.2) is 4.79 Å². The molecule has 2 aromatic heterocycles. The van der Waals surface area contributed by atoms with Gasteiger partial charge in [0, 0.05) is 4.88 Å². The average Bonchev–Trinajstić information content (AvgIpc) is 2.85. The summed E-state index contributed by atoms with van der Waals surface area (Å²) in [6, 6.07) is 0. The van der Waals surface area contributed by atoms with Gasteiger partial charge in [-0.25, -0.2) is 4.98 Å². The maximum Gasteiger partial charge on any atom is 0.309 e. The number of carbonyl (C=O) groups excluding carboxylic acids is 1. The third-order valence-electron chi connectivity index (χ3n) is 4.39. The second-order valence-electron chi connectivity index (χ2n) is 5.98. The van der Waals surface area contributed by atoms with Crippen LogP contribution in [0, 0.1) is 11.8 Å². The summed E-state index contributed by atoms with van der Waals surface area (Å²) in [7, 11) is 0. The molecule has 2 aliphatic rings. The number of ether oxygens (including phenoxy) is 1. The molecule has 0 spiro atoms. The quantitative estimate of drug-likeness (QED) is 0.882. The van der Waals surface area contributed by atoms with Crippen LogP contribution in [-0.2, 0) is 29.0 Å². The van der Waals surface area contributed by atoms with Gasteiger partial charge in [0.15, 0.2) is 0 Å². The highest BCUT2D eigenvalue weighted by Crippen LogP contribution is 2.38. The Balaban J connectivity index is 1.59. The molecular weight excluding hydrogens is 288 g/mol. The van der Waals surface area contributed by atoms with Crippen LogP contribution < -0.4 is 5.56 Å². The van der Waals surface area contributed by atoms with Crippen molar-refractivity contribution in [2.75, 3.05) is 0 Å². The minimum Gasteiger partial charge on any atom is -0.457 e. The molecule has 110 valence electrons. The van der Waals surface area contributed by atoms with E-state index in [0.29, 0.717) is 11.7 Å². The van der Waals surface area contributed by atoms with Crippen LogP contribution in [0.25, 0.3) is 10.2 Å². The van der Waals surface area contributed by atoms with Crippen molar-refractivity contribution >= 4 is 27.5 Å². The molecule has 5 nitrogen and oxygen atoms in total. The van der Waals surface area contributed by atoms with Gasteiger partial charge in [0.25, 0.3) is 5.56 Å². The monoisotopic (exact) mass is 304 g/mol. The first-order valence-corrected chi connectivity index (χ1v) is 8.15. The van der Waals surface area contributed by atoms with Crippen LogP contribution in [0.5, 0.6) is 0 Å². The van der Waals surface area contributed by atoms with Crippen LogP contribution in [0.2, 0.25) is 0 Å². The van der Waals surface area contributed by atoms with E-state index in [0.717, 1.165) is 35.9 Å². The SMILES string of the molecule is C[C@H]1C[C@H]1C(=O)OCc1nc2sc3c(c2c(=O)[nH]1)CCC3. The zero-order valence-electron chi connectivity index (χ0n) is 11.8. The third-order valence-corrected chi connectivity index (χ3v) is 5.57. The number of carbonyl (C=O) groups is 1. The summed E-state index contributed by atoms with van der Waals surface area (Å²) < 4.78 is 5.24. The number of aromatic amines is 1. The summed E-state index contributed by atoms with van der Waals surface area (Å²) >= 11 is 1.60. The highest BCUT2D eigenvalue weighted by Gasteiger charge is 2.40. The van der Waals surface area contributed by atoms with Gasteiger partial charge in [-0.3, -0.25) is 9.59 Å².